The molecule has 2 N–H and O–H groups in total. The average molecular weight is 516 g/mol. The van der Waals surface area contributed by atoms with Gasteiger partial charge in [0.2, 0.25) is 0 Å². The van der Waals surface area contributed by atoms with Gasteiger partial charge in [-0.3, -0.25) is 9.20 Å². The van der Waals surface area contributed by atoms with Crippen LogP contribution in [0.25, 0.3) is 28.3 Å². The molecule has 1 saturated carbocycles. The largest absolute Gasteiger partial charge is 0.458 e. The maximum atomic E-state index is 13.9. The molecule has 14 heteroatoms. The number of aromatic nitrogens is 5. The van der Waals surface area contributed by atoms with Crippen LogP contribution in [0.3, 0.4) is 0 Å². The molecule has 4 rings (SSSR count). The highest BCUT2D eigenvalue weighted by atomic mass is 32.2. The Balaban J connectivity index is 1.88. The molecule has 1 fully saturated rings. The molecule has 0 aliphatic heterocycles. The Hall–Kier alpha value is -3.16. The minimum Gasteiger partial charge on any atom is -0.404 e. The minimum atomic E-state index is -5.78. The van der Waals surface area contributed by atoms with Crippen molar-refractivity contribution < 1.29 is 26.2 Å². The molecule has 8 nitrogen and oxygen atoms in total. The monoisotopic (exact) mass is 515 g/mol. The summed E-state index contributed by atoms with van der Waals surface area (Å²) < 4.78 is 82.2. The van der Waals surface area contributed by atoms with Gasteiger partial charge in [-0.05, 0) is 18.9 Å². The van der Waals surface area contributed by atoms with Gasteiger partial charge < -0.3 is 14.9 Å². The second kappa shape index (κ2) is 8.81. The van der Waals surface area contributed by atoms with Crippen LogP contribution >= 0.6 is 0 Å². The van der Waals surface area contributed by atoms with Crippen LogP contribution in [-0.4, -0.2) is 52.5 Å². The highest BCUT2D eigenvalue weighted by Crippen LogP contribution is 2.44. The predicted octanol–water partition coefficient (Wildman–Crippen LogP) is 3.68. The molecule has 0 spiro atoms. The fraction of sp³-hybridized carbons (Fsp3) is 0.429. The molecular weight excluding hydrogens is 493 g/mol. The summed E-state index contributed by atoms with van der Waals surface area (Å²) >= 11 is 0. The molecule has 0 radical (unpaired) electrons. The zero-order chi connectivity index (χ0) is 25.7. The third-order valence-corrected chi connectivity index (χ3v) is 6.99. The van der Waals surface area contributed by atoms with Crippen molar-refractivity contribution in [2.24, 2.45) is 24.8 Å². The van der Waals surface area contributed by atoms with E-state index in [-0.39, 0.29) is 34.5 Å². The van der Waals surface area contributed by atoms with Crippen molar-refractivity contribution in [1.82, 2.24) is 24.1 Å². The second-order valence-corrected chi connectivity index (χ2v) is 9.70. The van der Waals surface area contributed by atoms with E-state index in [1.807, 2.05) is 0 Å². The second-order valence-electron chi connectivity index (χ2n) is 8.05. The lowest BCUT2D eigenvalue weighted by atomic mass is 10.1. The molecule has 1 aliphatic carbocycles. The van der Waals surface area contributed by atoms with E-state index in [4.69, 9.17) is 5.73 Å². The molecular formula is C21H22F5N7OS. The Bertz CT molecular complexity index is 1370. The van der Waals surface area contributed by atoms with Crippen LogP contribution in [0.2, 0.25) is 0 Å². The van der Waals surface area contributed by atoms with Gasteiger partial charge in [-0.15, -0.1) is 0 Å². The van der Waals surface area contributed by atoms with E-state index in [1.54, 1.807) is 24.8 Å². The summed E-state index contributed by atoms with van der Waals surface area (Å²) in [5.74, 6) is -4.39. The van der Waals surface area contributed by atoms with Crippen LogP contribution in [0.4, 0.5) is 22.0 Å². The van der Waals surface area contributed by atoms with Crippen LogP contribution in [0.15, 0.2) is 28.5 Å². The number of aliphatic imine (C=N–C) groups is 1. The lowest BCUT2D eigenvalue weighted by molar-refractivity contribution is -0.289. The predicted molar refractivity (Wildman–Crippen MR) is 121 cm³/mol. The minimum absolute atomic E-state index is 0.0621. The van der Waals surface area contributed by atoms with E-state index in [1.165, 1.54) is 17.8 Å². The first-order chi connectivity index (χ1) is 16.4. The van der Waals surface area contributed by atoms with E-state index in [0.29, 0.717) is 28.7 Å². The fourth-order valence-corrected chi connectivity index (χ4v) is 4.51. The molecule has 1 unspecified atom stereocenters. The average Bonchev–Trinajstić information content (AvgIpc) is 3.50. The summed E-state index contributed by atoms with van der Waals surface area (Å²) in [5, 5.41) is 0.293. The Kier molecular flexibility index (Phi) is 6.28. The Morgan fingerprint density at radius 2 is 1.91 bits per heavy atom. The normalized spacial score (nSPS) is 16.5. The van der Waals surface area contributed by atoms with Crippen molar-refractivity contribution in [3.8, 4) is 11.5 Å². The van der Waals surface area contributed by atoms with Gasteiger partial charge >= 0.3 is 12.1 Å². The number of nitrogens with zero attached hydrogens (tertiary/aromatic N) is 6. The summed E-state index contributed by atoms with van der Waals surface area (Å²) in [4.78, 5) is 17.0. The Morgan fingerprint density at radius 1 is 1.23 bits per heavy atom. The van der Waals surface area contributed by atoms with Gasteiger partial charge in [0.05, 0.1) is 28.0 Å². The van der Waals surface area contributed by atoms with Crippen molar-refractivity contribution >= 4 is 33.8 Å². The first kappa shape index (κ1) is 24.9. The summed E-state index contributed by atoms with van der Waals surface area (Å²) in [6, 6.07) is 0.872. The number of pyridine rings is 1. The zero-order valence-corrected chi connectivity index (χ0v) is 19.8. The van der Waals surface area contributed by atoms with Crippen LogP contribution in [-0.2, 0) is 30.8 Å². The first-order valence-corrected chi connectivity index (χ1v) is 11.9. The summed E-state index contributed by atoms with van der Waals surface area (Å²) in [5.41, 5.74) is 4.99. The SMILES string of the molecule is CCS(=O)c1c(-c2nc3cc(C(F)(F)C(F)(F)F)cnc3n2C)nc(C(C=NC2CC2)=CN)n1C. The first-order valence-electron chi connectivity index (χ1n) is 10.6. The summed E-state index contributed by atoms with van der Waals surface area (Å²) in [6.45, 7) is 1.71. The third kappa shape index (κ3) is 4.34. The summed E-state index contributed by atoms with van der Waals surface area (Å²) in [6.07, 6.45) is -0.447. The van der Waals surface area contributed by atoms with E-state index in [0.717, 1.165) is 12.8 Å². The number of halogens is 5. The quantitative estimate of drug-likeness (QED) is 0.382. The molecule has 3 aromatic rings. The number of aryl methyl sites for hydroxylation is 1. The van der Waals surface area contributed by atoms with Gasteiger partial charge in [0.25, 0.3) is 0 Å². The number of nitrogens with two attached hydrogens (primary N) is 1. The number of hydrogen-bond acceptors (Lipinski definition) is 6. The number of alkyl halides is 5. The molecule has 0 bridgehead atoms. The number of fused-ring (bicyclic) bond motifs is 1. The van der Waals surface area contributed by atoms with Crippen molar-refractivity contribution in [3.05, 3.63) is 29.9 Å². The smallest absolute Gasteiger partial charge is 0.404 e. The standard InChI is InChI=1S/C21H22F5N7OS/c1-4-35(34)19-15(31-16(33(19)3)11(8-27)9-28-13-5-6-13)18-30-14-7-12(10-29-17(14)32(18)2)20(22,23)21(24,25)26/h7-10,13H,4-6,27H2,1-3H3. The molecule has 3 aromatic heterocycles. The van der Waals surface area contributed by atoms with E-state index in [2.05, 4.69) is 19.9 Å². The Labute approximate surface area is 199 Å². The maximum absolute atomic E-state index is 13.9. The highest BCUT2D eigenvalue weighted by molar-refractivity contribution is 7.85. The molecule has 0 aromatic carbocycles. The van der Waals surface area contributed by atoms with Gasteiger partial charge in [0, 0.05) is 38.5 Å². The molecule has 3 heterocycles. The molecule has 0 amide bonds. The highest BCUT2D eigenvalue weighted by Gasteiger charge is 2.59. The van der Waals surface area contributed by atoms with Crippen molar-refractivity contribution in [1.29, 1.82) is 0 Å². The topological polar surface area (TPSA) is 104 Å². The van der Waals surface area contributed by atoms with Gasteiger partial charge in [-0.1, -0.05) is 6.92 Å². The third-order valence-electron chi connectivity index (χ3n) is 5.57. The number of rotatable bonds is 7. The zero-order valence-electron chi connectivity index (χ0n) is 19.0. The van der Waals surface area contributed by atoms with Crippen LogP contribution in [0.1, 0.15) is 31.2 Å². The van der Waals surface area contributed by atoms with Crippen molar-refractivity contribution in [2.75, 3.05) is 5.75 Å². The summed E-state index contributed by atoms with van der Waals surface area (Å²) in [7, 11) is 1.63. The number of hydrogen-bond donors (Lipinski definition) is 1. The molecule has 0 saturated heterocycles. The molecule has 1 aliphatic rings. The van der Waals surface area contributed by atoms with Gasteiger partial charge in [0.1, 0.15) is 22.1 Å². The number of imidazole rings is 2. The van der Waals surface area contributed by atoms with Crippen LogP contribution < -0.4 is 5.73 Å². The maximum Gasteiger partial charge on any atom is 0.458 e. The van der Waals surface area contributed by atoms with E-state index >= 15 is 0 Å². The van der Waals surface area contributed by atoms with Crippen molar-refractivity contribution in [2.45, 2.75) is 42.9 Å². The fourth-order valence-electron chi connectivity index (χ4n) is 3.49. The van der Waals surface area contributed by atoms with E-state index in [9.17, 15) is 26.2 Å². The molecule has 1 atom stereocenters. The molecule has 188 valence electrons. The lowest BCUT2D eigenvalue weighted by Crippen LogP contribution is -2.33. The Morgan fingerprint density at radius 3 is 2.49 bits per heavy atom. The van der Waals surface area contributed by atoms with Crippen molar-refractivity contribution in [3.63, 3.8) is 0 Å². The van der Waals surface area contributed by atoms with Gasteiger partial charge in [-0.2, -0.15) is 22.0 Å². The van der Waals surface area contributed by atoms with Gasteiger partial charge in [-0.25, -0.2) is 15.0 Å². The lowest BCUT2D eigenvalue weighted by Gasteiger charge is -2.19. The number of allylic oxidation sites excluding steroid dienone is 1. The van der Waals surface area contributed by atoms with Crippen LogP contribution in [0.5, 0.6) is 0 Å². The molecule has 35 heavy (non-hydrogen) atoms. The van der Waals surface area contributed by atoms with E-state index < -0.39 is 28.5 Å². The van der Waals surface area contributed by atoms with Crippen LogP contribution in [0, 0.1) is 0 Å². The van der Waals surface area contributed by atoms with Gasteiger partial charge in [0.15, 0.2) is 11.5 Å².